The van der Waals surface area contributed by atoms with Crippen LogP contribution >= 0.6 is 11.6 Å². The Morgan fingerprint density at radius 3 is 2.44 bits per heavy atom. The van der Waals surface area contributed by atoms with Crippen molar-refractivity contribution in [1.82, 2.24) is 10.0 Å². The maximum atomic E-state index is 12.4. The second-order valence-electron chi connectivity index (χ2n) is 5.31. The number of nitrogens with zero attached hydrogens (tertiary/aromatic N) is 2. The first kappa shape index (κ1) is 12.2. The molecule has 2 atom stereocenters. The van der Waals surface area contributed by atoms with Crippen molar-refractivity contribution < 1.29 is 9.59 Å². The van der Waals surface area contributed by atoms with Crippen LogP contribution in [-0.4, -0.2) is 34.9 Å². The first-order valence-electron chi connectivity index (χ1n) is 6.65. The van der Waals surface area contributed by atoms with Gasteiger partial charge in [0.15, 0.2) is 0 Å². The minimum atomic E-state index is -0.225. The number of imide groups is 1. The molecule has 5 heteroatoms. The zero-order chi connectivity index (χ0) is 12.7. The highest BCUT2D eigenvalue weighted by atomic mass is 35.5. The Bertz CT molecular complexity index is 415. The Balaban J connectivity index is 1.81. The molecule has 2 heterocycles. The predicted octanol–water partition coefficient (Wildman–Crippen LogP) is 1.91. The molecule has 1 aliphatic carbocycles. The monoisotopic (exact) mass is 268 g/mol. The standard InChI is InChI=1S/C13H17ClN2O2/c14-9-4-5-10-11(8-9)13(18)16(12(10)17)15-6-2-1-3-7-15/h4,10-11H,1-3,5-8H2/t10-,11-/m0/s1. The Hall–Kier alpha value is -0.870. The fourth-order valence-electron chi connectivity index (χ4n) is 3.17. The summed E-state index contributed by atoms with van der Waals surface area (Å²) in [4.78, 5) is 24.7. The first-order chi connectivity index (χ1) is 8.68. The highest BCUT2D eigenvalue weighted by Gasteiger charge is 2.50. The van der Waals surface area contributed by atoms with Gasteiger partial charge in [0, 0.05) is 18.1 Å². The van der Waals surface area contributed by atoms with Crippen LogP contribution in [0.25, 0.3) is 0 Å². The van der Waals surface area contributed by atoms with Gasteiger partial charge in [-0.1, -0.05) is 24.1 Å². The summed E-state index contributed by atoms with van der Waals surface area (Å²) >= 11 is 6.00. The van der Waals surface area contributed by atoms with E-state index >= 15 is 0 Å². The van der Waals surface area contributed by atoms with Crippen LogP contribution < -0.4 is 0 Å². The molecule has 3 rings (SSSR count). The predicted molar refractivity (Wildman–Crippen MR) is 67.4 cm³/mol. The molecule has 0 spiro atoms. The molecule has 0 radical (unpaired) electrons. The summed E-state index contributed by atoms with van der Waals surface area (Å²) in [5, 5.41) is 4.07. The molecular formula is C13H17ClN2O2. The third kappa shape index (κ3) is 1.88. The number of hydrogen-bond donors (Lipinski definition) is 0. The third-order valence-electron chi connectivity index (χ3n) is 4.16. The Morgan fingerprint density at radius 1 is 1.06 bits per heavy atom. The average Bonchev–Trinajstić information content (AvgIpc) is 2.63. The maximum Gasteiger partial charge on any atom is 0.248 e. The largest absolute Gasteiger partial charge is 0.273 e. The molecular weight excluding hydrogens is 252 g/mol. The molecule has 18 heavy (non-hydrogen) atoms. The summed E-state index contributed by atoms with van der Waals surface area (Å²) in [6, 6.07) is 0. The first-order valence-corrected chi connectivity index (χ1v) is 7.03. The number of fused-ring (bicyclic) bond motifs is 1. The van der Waals surface area contributed by atoms with Crippen molar-refractivity contribution in [3.63, 3.8) is 0 Å². The molecule has 0 aromatic rings. The van der Waals surface area contributed by atoms with Crippen LogP contribution in [0, 0.1) is 11.8 Å². The Kier molecular flexibility index (Phi) is 3.16. The second-order valence-corrected chi connectivity index (χ2v) is 5.79. The zero-order valence-electron chi connectivity index (χ0n) is 10.3. The van der Waals surface area contributed by atoms with E-state index in [4.69, 9.17) is 11.6 Å². The molecule has 2 fully saturated rings. The number of carbonyl (C=O) groups is 2. The van der Waals surface area contributed by atoms with Crippen LogP contribution in [0.5, 0.6) is 0 Å². The molecule has 0 unspecified atom stereocenters. The lowest BCUT2D eigenvalue weighted by atomic mass is 9.85. The summed E-state index contributed by atoms with van der Waals surface area (Å²) in [5.41, 5.74) is 0. The number of hydrogen-bond acceptors (Lipinski definition) is 3. The number of piperidine rings is 1. The van der Waals surface area contributed by atoms with Crippen LogP contribution in [0.3, 0.4) is 0 Å². The molecule has 3 aliphatic rings. The van der Waals surface area contributed by atoms with Gasteiger partial charge in [-0.15, -0.1) is 0 Å². The van der Waals surface area contributed by atoms with Crippen LogP contribution in [-0.2, 0) is 9.59 Å². The summed E-state index contributed by atoms with van der Waals surface area (Å²) in [7, 11) is 0. The molecule has 2 amide bonds. The zero-order valence-corrected chi connectivity index (χ0v) is 11.0. The van der Waals surface area contributed by atoms with Crippen molar-refractivity contribution in [2.75, 3.05) is 13.1 Å². The number of allylic oxidation sites excluding steroid dienone is 2. The number of carbonyl (C=O) groups excluding carboxylic acids is 2. The smallest absolute Gasteiger partial charge is 0.248 e. The van der Waals surface area contributed by atoms with Gasteiger partial charge < -0.3 is 0 Å². The lowest BCUT2D eigenvalue weighted by Crippen LogP contribution is -2.49. The van der Waals surface area contributed by atoms with E-state index in [2.05, 4.69) is 0 Å². The van der Waals surface area contributed by atoms with E-state index in [1.165, 1.54) is 11.4 Å². The van der Waals surface area contributed by atoms with E-state index in [1.54, 1.807) is 0 Å². The molecule has 4 nitrogen and oxygen atoms in total. The van der Waals surface area contributed by atoms with Crippen molar-refractivity contribution in [1.29, 1.82) is 0 Å². The summed E-state index contributed by atoms with van der Waals surface area (Å²) < 4.78 is 0. The van der Waals surface area contributed by atoms with E-state index in [0.717, 1.165) is 31.0 Å². The van der Waals surface area contributed by atoms with Gasteiger partial charge >= 0.3 is 0 Å². The van der Waals surface area contributed by atoms with Crippen molar-refractivity contribution >= 4 is 23.4 Å². The number of halogens is 1. The summed E-state index contributed by atoms with van der Waals surface area (Å²) in [5.74, 6) is -0.468. The molecule has 0 aromatic carbocycles. The number of rotatable bonds is 1. The van der Waals surface area contributed by atoms with Crippen molar-refractivity contribution in [3.05, 3.63) is 11.1 Å². The topological polar surface area (TPSA) is 40.6 Å². The third-order valence-corrected chi connectivity index (χ3v) is 4.47. The van der Waals surface area contributed by atoms with Crippen molar-refractivity contribution in [3.8, 4) is 0 Å². The van der Waals surface area contributed by atoms with Crippen LogP contribution in [0.2, 0.25) is 0 Å². The summed E-state index contributed by atoms with van der Waals surface area (Å²) in [6.45, 7) is 1.64. The molecule has 0 saturated carbocycles. The number of hydrazine groups is 1. The molecule has 98 valence electrons. The Morgan fingerprint density at radius 2 is 1.72 bits per heavy atom. The fourth-order valence-corrected chi connectivity index (χ4v) is 3.42. The van der Waals surface area contributed by atoms with E-state index < -0.39 is 0 Å². The minimum Gasteiger partial charge on any atom is -0.273 e. The van der Waals surface area contributed by atoms with Gasteiger partial charge in [0.2, 0.25) is 11.8 Å². The minimum absolute atomic E-state index is 0.0210. The molecule has 0 N–H and O–H groups in total. The van der Waals surface area contributed by atoms with Gasteiger partial charge in [-0.2, -0.15) is 0 Å². The lowest BCUT2D eigenvalue weighted by Gasteiger charge is -2.33. The van der Waals surface area contributed by atoms with Crippen molar-refractivity contribution in [2.24, 2.45) is 11.8 Å². The fraction of sp³-hybridized carbons (Fsp3) is 0.692. The normalized spacial score (nSPS) is 33.6. The van der Waals surface area contributed by atoms with Gasteiger partial charge in [0.1, 0.15) is 0 Å². The summed E-state index contributed by atoms with van der Waals surface area (Å²) in [6.07, 6.45) is 6.33. The molecule has 2 saturated heterocycles. The average molecular weight is 269 g/mol. The van der Waals surface area contributed by atoms with E-state index in [-0.39, 0.29) is 23.7 Å². The van der Waals surface area contributed by atoms with Crippen LogP contribution in [0.1, 0.15) is 32.1 Å². The van der Waals surface area contributed by atoms with E-state index in [9.17, 15) is 9.59 Å². The Labute approximate surface area is 112 Å². The van der Waals surface area contributed by atoms with Crippen LogP contribution in [0.15, 0.2) is 11.1 Å². The van der Waals surface area contributed by atoms with Crippen molar-refractivity contribution in [2.45, 2.75) is 32.1 Å². The molecule has 0 aromatic heterocycles. The van der Waals surface area contributed by atoms with Gasteiger partial charge in [-0.05, 0) is 25.7 Å². The lowest BCUT2D eigenvalue weighted by molar-refractivity contribution is -0.160. The van der Waals surface area contributed by atoms with Crippen LogP contribution in [0.4, 0.5) is 0 Å². The number of amides is 2. The van der Waals surface area contributed by atoms with Gasteiger partial charge in [0.05, 0.1) is 11.8 Å². The molecule has 2 aliphatic heterocycles. The molecule has 0 bridgehead atoms. The highest BCUT2D eigenvalue weighted by Crippen LogP contribution is 2.39. The maximum absolute atomic E-state index is 12.4. The second kappa shape index (κ2) is 4.67. The van der Waals surface area contributed by atoms with Gasteiger partial charge in [-0.3, -0.25) is 9.59 Å². The highest BCUT2D eigenvalue weighted by molar-refractivity contribution is 6.30. The van der Waals surface area contributed by atoms with Gasteiger partial charge in [-0.25, -0.2) is 10.0 Å². The van der Waals surface area contributed by atoms with E-state index in [0.29, 0.717) is 12.8 Å². The van der Waals surface area contributed by atoms with E-state index in [1.807, 2.05) is 11.1 Å². The SMILES string of the molecule is O=C1[C@H]2CC=C(Cl)C[C@@H]2C(=O)N1N1CCCCC1. The van der Waals surface area contributed by atoms with Gasteiger partial charge in [0.25, 0.3) is 0 Å². The quantitative estimate of drug-likeness (QED) is 0.682.